The van der Waals surface area contributed by atoms with E-state index in [2.05, 4.69) is 27.4 Å². The molecule has 0 amide bonds. The maximum Gasteiger partial charge on any atom is 0.115 e. The molecule has 1 aromatic heterocycles. The number of hydrogen-bond acceptors (Lipinski definition) is 4. The lowest BCUT2D eigenvalue weighted by molar-refractivity contribution is 0.166. The third kappa shape index (κ3) is 3.61. The van der Waals surface area contributed by atoms with Gasteiger partial charge in [0, 0.05) is 19.9 Å². The molecule has 0 aliphatic heterocycles. The molecule has 0 fully saturated rings. The summed E-state index contributed by atoms with van der Waals surface area (Å²) in [6.45, 7) is 1.33. The first-order valence-electron chi connectivity index (χ1n) is 5.92. The Balaban J connectivity index is 1.99. The van der Waals surface area contributed by atoms with E-state index in [1.165, 1.54) is 5.56 Å². The third-order valence-corrected chi connectivity index (χ3v) is 2.71. The van der Waals surface area contributed by atoms with Crippen molar-refractivity contribution < 1.29 is 4.74 Å². The Bertz CT molecular complexity index is 447. The second kappa shape index (κ2) is 6.83. The van der Waals surface area contributed by atoms with Crippen molar-refractivity contribution in [2.75, 3.05) is 13.7 Å². The number of nitrogens with zero attached hydrogens (tertiary/aromatic N) is 2. The Labute approximate surface area is 107 Å². The predicted octanol–water partition coefficient (Wildman–Crippen LogP) is 1.95. The fraction of sp³-hybridized carbons (Fsp3) is 0.286. The molecule has 1 aromatic carbocycles. The second-order valence-corrected chi connectivity index (χ2v) is 4.00. The van der Waals surface area contributed by atoms with Gasteiger partial charge in [-0.1, -0.05) is 30.3 Å². The molecule has 94 valence electrons. The zero-order chi connectivity index (χ0) is 12.6. The van der Waals surface area contributed by atoms with Crippen LogP contribution in [0.4, 0.5) is 0 Å². The fourth-order valence-electron chi connectivity index (χ4n) is 1.78. The summed E-state index contributed by atoms with van der Waals surface area (Å²) in [6.07, 6.45) is 3.31. The summed E-state index contributed by atoms with van der Waals surface area (Å²) >= 11 is 0. The number of benzene rings is 1. The Morgan fingerprint density at radius 1 is 1.22 bits per heavy atom. The lowest BCUT2D eigenvalue weighted by atomic mass is 10.1. The number of ether oxygens (including phenoxy) is 1. The van der Waals surface area contributed by atoms with Crippen molar-refractivity contribution in [2.45, 2.75) is 12.6 Å². The SMILES string of the molecule is COCC(NCc1ccncn1)c1ccccc1. The normalized spacial score (nSPS) is 12.3. The lowest BCUT2D eigenvalue weighted by Crippen LogP contribution is -2.25. The quantitative estimate of drug-likeness (QED) is 0.842. The molecular formula is C14H17N3O. The average molecular weight is 243 g/mol. The number of nitrogens with one attached hydrogen (secondary N) is 1. The highest BCUT2D eigenvalue weighted by Crippen LogP contribution is 2.13. The van der Waals surface area contributed by atoms with Crippen LogP contribution >= 0.6 is 0 Å². The molecule has 0 saturated heterocycles. The van der Waals surface area contributed by atoms with Crippen LogP contribution in [-0.4, -0.2) is 23.7 Å². The zero-order valence-corrected chi connectivity index (χ0v) is 10.4. The lowest BCUT2D eigenvalue weighted by Gasteiger charge is -2.18. The molecule has 1 heterocycles. The van der Waals surface area contributed by atoms with Gasteiger partial charge in [0.15, 0.2) is 0 Å². The number of rotatable bonds is 6. The minimum Gasteiger partial charge on any atom is -0.383 e. The minimum atomic E-state index is 0.172. The molecular weight excluding hydrogens is 226 g/mol. The van der Waals surface area contributed by atoms with Crippen molar-refractivity contribution in [3.63, 3.8) is 0 Å². The summed E-state index contributed by atoms with van der Waals surface area (Å²) < 4.78 is 5.25. The molecule has 0 bridgehead atoms. The van der Waals surface area contributed by atoms with Gasteiger partial charge in [0.25, 0.3) is 0 Å². The molecule has 4 nitrogen and oxygen atoms in total. The first-order valence-corrected chi connectivity index (χ1v) is 5.92. The summed E-state index contributed by atoms with van der Waals surface area (Å²) in [7, 11) is 1.71. The molecule has 4 heteroatoms. The monoisotopic (exact) mass is 243 g/mol. The van der Waals surface area contributed by atoms with Crippen LogP contribution in [0.15, 0.2) is 48.9 Å². The summed E-state index contributed by atoms with van der Waals surface area (Å²) in [5.41, 5.74) is 2.19. The van der Waals surface area contributed by atoms with Crippen LogP contribution in [0.2, 0.25) is 0 Å². The van der Waals surface area contributed by atoms with Crippen molar-refractivity contribution >= 4 is 0 Å². The van der Waals surface area contributed by atoms with E-state index in [9.17, 15) is 0 Å². The van der Waals surface area contributed by atoms with E-state index in [-0.39, 0.29) is 6.04 Å². The van der Waals surface area contributed by atoms with E-state index >= 15 is 0 Å². The molecule has 2 aromatic rings. The Kier molecular flexibility index (Phi) is 4.81. The largest absolute Gasteiger partial charge is 0.383 e. The van der Waals surface area contributed by atoms with Crippen molar-refractivity contribution in [2.24, 2.45) is 0 Å². The van der Waals surface area contributed by atoms with Gasteiger partial charge in [-0.05, 0) is 11.6 Å². The van der Waals surface area contributed by atoms with Crippen LogP contribution in [0, 0.1) is 0 Å². The van der Waals surface area contributed by atoms with E-state index in [1.54, 1.807) is 19.6 Å². The highest BCUT2D eigenvalue weighted by molar-refractivity contribution is 5.19. The van der Waals surface area contributed by atoms with Gasteiger partial charge in [0.05, 0.1) is 18.3 Å². The summed E-state index contributed by atoms with van der Waals surface area (Å²) in [5.74, 6) is 0. The molecule has 2 rings (SSSR count). The maximum absolute atomic E-state index is 5.25. The molecule has 0 spiro atoms. The zero-order valence-electron chi connectivity index (χ0n) is 10.4. The molecule has 0 aliphatic carbocycles. The number of aromatic nitrogens is 2. The van der Waals surface area contributed by atoms with Crippen LogP contribution < -0.4 is 5.32 Å². The smallest absolute Gasteiger partial charge is 0.115 e. The summed E-state index contributed by atoms with van der Waals surface area (Å²) in [4.78, 5) is 8.09. The van der Waals surface area contributed by atoms with Gasteiger partial charge in [-0.25, -0.2) is 9.97 Å². The maximum atomic E-state index is 5.25. The van der Waals surface area contributed by atoms with E-state index in [0.29, 0.717) is 13.2 Å². The van der Waals surface area contributed by atoms with Crippen LogP contribution in [0.3, 0.4) is 0 Å². The van der Waals surface area contributed by atoms with Crippen LogP contribution in [-0.2, 0) is 11.3 Å². The molecule has 0 radical (unpaired) electrons. The van der Waals surface area contributed by atoms with Crippen molar-refractivity contribution in [3.8, 4) is 0 Å². The van der Waals surface area contributed by atoms with Crippen molar-refractivity contribution in [1.29, 1.82) is 0 Å². The van der Waals surface area contributed by atoms with E-state index < -0.39 is 0 Å². The van der Waals surface area contributed by atoms with Crippen LogP contribution in [0.25, 0.3) is 0 Å². The Hall–Kier alpha value is -1.78. The fourth-order valence-corrected chi connectivity index (χ4v) is 1.78. The van der Waals surface area contributed by atoms with Crippen molar-refractivity contribution in [1.82, 2.24) is 15.3 Å². The highest BCUT2D eigenvalue weighted by Gasteiger charge is 2.10. The van der Waals surface area contributed by atoms with Gasteiger partial charge in [-0.3, -0.25) is 0 Å². The van der Waals surface area contributed by atoms with Gasteiger partial charge in [0.1, 0.15) is 6.33 Å². The van der Waals surface area contributed by atoms with Gasteiger partial charge >= 0.3 is 0 Å². The highest BCUT2D eigenvalue weighted by atomic mass is 16.5. The standard InChI is InChI=1S/C14H17N3O/c1-18-10-14(12-5-3-2-4-6-12)16-9-13-7-8-15-11-17-13/h2-8,11,14,16H,9-10H2,1H3. The van der Waals surface area contributed by atoms with Gasteiger partial charge in [-0.2, -0.15) is 0 Å². The van der Waals surface area contributed by atoms with Gasteiger partial charge in [-0.15, -0.1) is 0 Å². The minimum absolute atomic E-state index is 0.172. The molecule has 1 atom stereocenters. The molecule has 18 heavy (non-hydrogen) atoms. The molecule has 1 N–H and O–H groups in total. The molecule has 0 aliphatic rings. The van der Waals surface area contributed by atoms with Crippen molar-refractivity contribution in [3.05, 3.63) is 60.2 Å². The molecule has 1 unspecified atom stereocenters. The Morgan fingerprint density at radius 3 is 2.72 bits per heavy atom. The topological polar surface area (TPSA) is 47.0 Å². The number of methoxy groups -OCH3 is 1. The van der Waals surface area contributed by atoms with E-state index in [0.717, 1.165) is 5.69 Å². The summed E-state index contributed by atoms with van der Waals surface area (Å²) in [6, 6.07) is 12.3. The van der Waals surface area contributed by atoms with E-state index in [1.807, 2.05) is 24.3 Å². The molecule has 0 saturated carbocycles. The Morgan fingerprint density at radius 2 is 2.06 bits per heavy atom. The third-order valence-electron chi connectivity index (χ3n) is 2.71. The van der Waals surface area contributed by atoms with E-state index in [4.69, 9.17) is 4.74 Å². The first kappa shape index (κ1) is 12.7. The second-order valence-electron chi connectivity index (χ2n) is 4.00. The number of hydrogen-bond donors (Lipinski definition) is 1. The predicted molar refractivity (Wildman–Crippen MR) is 69.9 cm³/mol. The first-order chi connectivity index (χ1) is 8.90. The van der Waals surface area contributed by atoms with Gasteiger partial charge in [0.2, 0.25) is 0 Å². The van der Waals surface area contributed by atoms with Crippen LogP contribution in [0.5, 0.6) is 0 Å². The van der Waals surface area contributed by atoms with Gasteiger partial charge < -0.3 is 10.1 Å². The average Bonchev–Trinajstić information content (AvgIpc) is 2.45. The van der Waals surface area contributed by atoms with Crippen LogP contribution in [0.1, 0.15) is 17.3 Å². The summed E-state index contributed by atoms with van der Waals surface area (Å²) in [5, 5.41) is 3.44.